The Morgan fingerprint density at radius 1 is 0.330 bits per heavy atom. The molecule has 2 aliphatic heterocycles. The number of aromatic amines is 2. The lowest BCUT2D eigenvalue weighted by Crippen LogP contribution is -2.26. The van der Waals surface area contributed by atoms with E-state index in [4.69, 9.17) is 46.4 Å². The van der Waals surface area contributed by atoms with Crippen molar-refractivity contribution in [1.29, 1.82) is 0 Å². The van der Waals surface area contributed by atoms with E-state index in [1.165, 1.54) is 101 Å². The molecule has 2 N–H and O–H groups in total. The zero-order valence-electron chi connectivity index (χ0n) is 70.2. The normalized spacial score (nSPS) is 12.4. The fourth-order valence-corrected chi connectivity index (χ4v) is 15.3. The first-order valence-electron chi connectivity index (χ1n) is 41.9. The number of aromatic nitrogens is 8. The monoisotopic (exact) mass is 1540 g/mol. The highest BCUT2D eigenvalue weighted by Gasteiger charge is 2.28. The van der Waals surface area contributed by atoms with E-state index in [1.54, 1.807) is 0 Å². The Hall–Kier alpha value is -8.96. The van der Waals surface area contributed by atoms with Gasteiger partial charge in [-0.25, -0.2) is 9.97 Å². The van der Waals surface area contributed by atoms with Crippen molar-refractivity contribution in [3.63, 3.8) is 0 Å². The van der Waals surface area contributed by atoms with Gasteiger partial charge in [-0.2, -0.15) is 17.5 Å². The number of nitrogens with zero attached hydrogens (tertiary/aromatic N) is 8. The van der Waals surface area contributed by atoms with Gasteiger partial charge in [-0.15, -0.1) is 0 Å². The third-order valence-corrected chi connectivity index (χ3v) is 22.0. The number of anilines is 2. The summed E-state index contributed by atoms with van der Waals surface area (Å²) in [6, 6.07) is 29.6. The van der Waals surface area contributed by atoms with E-state index in [1.807, 2.05) is 12.1 Å². The topological polar surface area (TPSA) is 152 Å². The maximum atomic E-state index is 7.04. The Labute approximate surface area is 677 Å². The van der Waals surface area contributed by atoms with Gasteiger partial charge in [0.15, 0.2) is 0 Å². The van der Waals surface area contributed by atoms with Crippen LogP contribution in [-0.4, -0.2) is 90.0 Å². The summed E-state index contributed by atoms with van der Waals surface area (Å²) in [4.78, 5) is 24.7. The maximum absolute atomic E-state index is 7.04. The van der Waals surface area contributed by atoms with Gasteiger partial charge in [0.2, 0.25) is 0 Å². The van der Waals surface area contributed by atoms with Crippen LogP contribution in [0.3, 0.4) is 0 Å². The predicted molar refractivity (Wildman–Crippen MR) is 476 cm³/mol. The van der Waals surface area contributed by atoms with Crippen molar-refractivity contribution >= 4 is 103 Å². The second kappa shape index (κ2) is 39.2. The van der Waals surface area contributed by atoms with Gasteiger partial charge in [-0.3, -0.25) is 0 Å². The van der Waals surface area contributed by atoms with Gasteiger partial charge in [0, 0.05) is 48.3 Å². The largest absolute Gasteiger partial charge is 0.493 e. The fraction of sp³-hybridized carbons (Fsp3) is 0.500. The maximum Gasteiger partial charge on any atom is 0.131 e. The SMILES string of the molecule is CCCCCCN(CCCCCC)c1ccc(C#Cc2c3nc(c(-c4c(OCCC(C)(C)C)cccc4OCCC(C)(C)C)c4ccc([nH]4)c(C#Cc4ccc(N(CCCCCC)CCCCCC)c5nsnc45)c4nc(c(-c5c(OCCC(C)(C)C)cccc5OCCC(C)(C)C)c5ccc2[nH]5)C=C4)C=C3)c2nsnc12. The summed E-state index contributed by atoms with van der Waals surface area (Å²) in [6.45, 7) is 41.9. The number of nitrogens with one attached hydrogen (secondary N) is 2. The number of benzene rings is 4. The Morgan fingerprint density at radius 2 is 0.634 bits per heavy atom. The molecule has 112 heavy (non-hydrogen) atoms. The molecular formula is C96H124N10O4S2. The summed E-state index contributed by atoms with van der Waals surface area (Å²) in [5, 5.41) is 0. The van der Waals surface area contributed by atoms with E-state index in [0.717, 1.165) is 166 Å². The molecule has 0 spiro atoms. The zero-order chi connectivity index (χ0) is 79.4. The lowest BCUT2D eigenvalue weighted by Gasteiger charge is -2.25. The second-order valence-corrected chi connectivity index (χ2v) is 36.4. The lowest BCUT2D eigenvalue weighted by molar-refractivity contribution is 0.235. The molecule has 0 unspecified atom stereocenters. The minimum absolute atomic E-state index is 0.0152. The van der Waals surface area contributed by atoms with Gasteiger partial charge >= 0.3 is 0 Å². The van der Waals surface area contributed by atoms with Crippen LogP contribution in [0, 0.1) is 45.3 Å². The van der Waals surface area contributed by atoms with Crippen molar-refractivity contribution in [3.8, 4) is 68.9 Å². The van der Waals surface area contributed by atoms with Gasteiger partial charge in [0.05, 0.1) is 128 Å². The Morgan fingerprint density at radius 3 is 0.946 bits per heavy atom. The molecule has 16 heteroatoms. The third-order valence-electron chi connectivity index (χ3n) is 20.9. The number of hydrogen-bond donors (Lipinski definition) is 2. The van der Waals surface area contributed by atoms with Gasteiger partial charge in [0.1, 0.15) is 45.1 Å². The summed E-state index contributed by atoms with van der Waals surface area (Å²) in [5.74, 6) is 17.7. The molecule has 0 saturated heterocycles. The first-order valence-corrected chi connectivity index (χ1v) is 43.4. The Bertz CT molecular complexity index is 4610. The van der Waals surface area contributed by atoms with Crippen molar-refractivity contribution in [2.75, 3.05) is 62.4 Å². The van der Waals surface area contributed by atoms with Crippen LogP contribution in [0.4, 0.5) is 11.4 Å². The minimum atomic E-state index is 0.0152. The summed E-state index contributed by atoms with van der Waals surface area (Å²) in [7, 11) is 0. The average molecular weight is 1550 g/mol. The molecule has 2 aliphatic rings. The van der Waals surface area contributed by atoms with Crippen molar-refractivity contribution in [2.45, 2.75) is 239 Å². The van der Waals surface area contributed by atoms with Crippen LogP contribution in [0.5, 0.6) is 23.0 Å². The summed E-state index contributed by atoms with van der Waals surface area (Å²) in [5.41, 5.74) is 17.6. The molecule has 0 radical (unpaired) electrons. The minimum Gasteiger partial charge on any atom is -0.493 e. The van der Waals surface area contributed by atoms with E-state index in [0.29, 0.717) is 83.3 Å². The van der Waals surface area contributed by atoms with Gasteiger partial charge in [0.25, 0.3) is 0 Å². The van der Waals surface area contributed by atoms with Crippen molar-refractivity contribution < 1.29 is 18.9 Å². The van der Waals surface area contributed by atoms with Crippen LogP contribution in [-0.2, 0) is 0 Å². The molecule has 594 valence electrons. The van der Waals surface area contributed by atoms with E-state index < -0.39 is 0 Å². The molecule has 5 aromatic heterocycles. The van der Waals surface area contributed by atoms with Crippen LogP contribution in [0.1, 0.15) is 284 Å². The molecule has 0 saturated carbocycles. The molecule has 0 amide bonds. The van der Waals surface area contributed by atoms with E-state index in [9.17, 15) is 0 Å². The van der Waals surface area contributed by atoms with Crippen molar-refractivity contribution in [3.05, 3.63) is 130 Å². The number of hydrogen-bond acceptors (Lipinski definition) is 14. The second-order valence-electron chi connectivity index (χ2n) is 35.3. The highest BCUT2D eigenvalue weighted by molar-refractivity contribution is 7.00. The van der Waals surface area contributed by atoms with Gasteiger partial charge in [-0.1, -0.05) is 224 Å². The van der Waals surface area contributed by atoms with E-state index >= 15 is 0 Å². The third kappa shape index (κ3) is 22.7. The summed E-state index contributed by atoms with van der Waals surface area (Å²) >= 11 is 2.50. The van der Waals surface area contributed by atoms with Crippen LogP contribution in [0.15, 0.2) is 84.9 Å². The highest BCUT2D eigenvalue weighted by Crippen LogP contribution is 2.47. The van der Waals surface area contributed by atoms with E-state index in [-0.39, 0.29) is 21.7 Å². The number of fused-ring (bicyclic) bond motifs is 10. The number of H-pyrrole nitrogens is 2. The molecule has 11 rings (SSSR count). The standard InChI is InChI=1S/C96H124N10O4S2/c1-17-21-25-29-59-105(60-30-26-22-18-2)79-53-41-67(89-91(79)103-111-101-89)39-43-69-71-45-49-75(97-71)85(87-81(107-63-55-93(5,6)7)35-33-36-82(87)108-64-56-94(8,9)10)77-51-47-73(99-77)70(44-40-68-42-54-80(92-90(68)102-112-104-92)106(61-31-27-23-19-3)62-32-28-24-20-4)74-48-52-78(100-74)86(76-50-46-72(69)98-76)88-83(109-65-57-95(11,12)13)37-34-38-84(88)110-66-58-96(14,15)16/h33-38,41-42,45-54,97,100H,17-32,55-66H2,1-16H3. The molecule has 8 bridgehead atoms. The number of ether oxygens (including phenoxy) is 4. The molecule has 7 heterocycles. The average Bonchev–Trinajstić information content (AvgIpc) is 1.59. The smallest absolute Gasteiger partial charge is 0.131 e. The Kier molecular flexibility index (Phi) is 29.4. The highest BCUT2D eigenvalue weighted by atomic mass is 32.1. The molecular weight excluding hydrogens is 1420 g/mol. The molecule has 9 aromatic rings. The Balaban J connectivity index is 1.22. The first-order chi connectivity index (χ1) is 53.9. The molecule has 14 nitrogen and oxygen atoms in total. The van der Waals surface area contributed by atoms with Crippen molar-refractivity contribution in [2.24, 2.45) is 21.7 Å². The van der Waals surface area contributed by atoms with Gasteiger partial charge in [-0.05, 0) is 170 Å². The zero-order valence-corrected chi connectivity index (χ0v) is 71.9. The molecule has 4 aromatic carbocycles. The fourth-order valence-electron chi connectivity index (χ4n) is 14.2. The molecule has 0 aliphatic carbocycles. The quantitative estimate of drug-likeness (QED) is 0.0284. The van der Waals surface area contributed by atoms with Crippen LogP contribution < -0.4 is 28.7 Å². The van der Waals surface area contributed by atoms with Crippen LogP contribution in [0.2, 0.25) is 0 Å². The number of unbranched alkanes of at least 4 members (excludes halogenated alkanes) is 12. The first kappa shape index (κ1) is 84.0. The molecule has 0 fully saturated rings. The van der Waals surface area contributed by atoms with E-state index in [2.05, 4.69) is 251 Å². The van der Waals surface area contributed by atoms with Crippen LogP contribution >= 0.6 is 23.5 Å². The summed E-state index contributed by atoms with van der Waals surface area (Å²) in [6.07, 6.45) is 30.7. The van der Waals surface area contributed by atoms with Crippen molar-refractivity contribution in [1.82, 2.24) is 37.4 Å². The van der Waals surface area contributed by atoms with Crippen LogP contribution in [0.25, 0.3) is 90.7 Å². The molecule has 0 atom stereocenters. The lowest BCUT2D eigenvalue weighted by atomic mass is 9.93. The number of rotatable bonds is 36. The predicted octanol–water partition coefficient (Wildman–Crippen LogP) is 26.0. The van der Waals surface area contributed by atoms with Gasteiger partial charge < -0.3 is 38.7 Å². The summed E-state index contributed by atoms with van der Waals surface area (Å²) < 4.78 is 48.3.